The zero-order valence-corrected chi connectivity index (χ0v) is 8.47. The molecule has 1 amide bonds. The van der Waals surface area contributed by atoms with Crippen LogP contribution >= 0.6 is 0 Å². The van der Waals surface area contributed by atoms with E-state index in [1.54, 1.807) is 0 Å². The van der Waals surface area contributed by atoms with Crippen molar-refractivity contribution in [3.8, 4) is 0 Å². The minimum Gasteiger partial charge on any atom is -0.448 e. The van der Waals surface area contributed by atoms with Crippen LogP contribution in [0.15, 0.2) is 28.7 Å². The molecule has 6 heteroatoms. The largest absolute Gasteiger partial charge is 0.448 e. The highest BCUT2D eigenvalue weighted by Gasteiger charge is 2.03. The van der Waals surface area contributed by atoms with Gasteiger partial charge in [0, 0.05) is 0 Å². The summed E-state index contributed by atoms with van der Waals surface area (Å²) in [5, 5.41) is 2.88. The Bertz CT molecular complexity index is 462. The molecule has 0 saturated heterocycles. The van der Waals surface area contributed by atoms with Gasteiger partial charge >= 0.3 is 6.09 Å². The molecule has 0 bridgehead atoms. The summed E-state index contributed by atoms with van der Waals surface area (Å²) >= 11 is 0. The summed E-state index contributed by atoms with van der Waals surface area (Å²) in [6.07, 6.45) is -0.792. The summed E-state index contributed by atoms with van der Waals surface area (Å²) in [7, 11) is 0. The first-order valence-electron chi connectivity index (χ1n) is 4.77. The van der Waals surface area contributed by atoms with Gasteiger partial charge in [0.15, 0.2) is 5.58 Å². The fourth-order valence-electron chi connectivity index (χ4n) is 1.26. The third-order valence-corrected chi connectivity index (χ3v) is 1.92. The van der Waals surface area contributed by atoms with Crippen molar-refractivity contribution >= 4 is 23.2 Å². The van der Waals surface area contributed by atoms with E-state index in [2.05, 4.69) is 15.0 Å². The second-order valence-electron chi connectivity index (χ2n) is 3.08. The predicted octanol–water partition coefficient (Wildman–Crippen LogP) is 1.33. The summed E-state index contributed by atoms with van der Waals surface area (Å²) in [6, 6.07) is 7.82. The van der Waals surface area contributed by atoms with Crippen molar-refractivity contribution in [3.63, 3.8) is 0 Å². The quantitative estimate of drug-likeness (QED) is 0.760. The number of nitrogens with zero attached hydrogens (tertiary/aromatic N) is 1. The van der Waals surface area contributed by atoms with E-state index in [-0.39, 0.29) is 6.61 Å². The molecule has 2 aromatic rings. The van der Waals surface area contributed by atoms with Crippen LogP contribution in [-0.2, 0) is 4.74 Å². The van der Waals surface area contributed by atoms with E-state index in [1.807, 2.05) is 24.3 Å². The number of fused-ring (bicyclic) bond motifs is 1. The van der Waals surface area contributed by atoms with Gasteiger partial charge < -0.3 is 20.2 Å². The van der Waals surface area contributed by atoms with Crippen molar-refractivity contribution in [3.05, 3.63) is 24.3 Å². The van der Waals surface area contributed by atoms with Gasteiger partial charge in [-0.2, -0.15) is 4.98 Å². The van der Waals surface area contributed by atoms with E-state index >= 15 is 0 Å². The van der Waals surface area contributed by atoms with Crippen LogP contribution in [0, 0.1) is 0 Å². The molecule has 0 atom stereocenters. The number of nitrogens with one attached hydrogen (secondary N) is 1. The van der Waals surface area contributed by atoms with Crippen LogP contribution in [0.4, 0.5) is 10.8 Å². The SMILES string of the molecule is NC(=O)OCCNc1nc2ccccc2o1. The Morgan fingerprint density at radius 2 is 2.31 bits per heavy atom. The lowest BCUT2D eigenvalue weighted by Gasteiger charge is -2.00. The number of aromatic nitrogens is 1. The van der Waals surface area contributed by atoms with Gasteiger partial charge in [-0.15, -0.1) is 0 Å². The van der Waals surface area contributed by atoms with Crippen molar-refractivity contribution in [1.82, 2.24) is 4.98 Å². The highest BCUT2D eigenvalue weighted by Crippen LogP contribution is 2.17. The molecule has 0 saturated carbocycles. The number of carbonyl (C=O) groups excluding carboxylic acids is 1. The maximum atomic E-state index is 10.3. The van der Waals surface area contributed by atoms with Crippen molar-refractivity contribution in [2.24, 2.45) is 5.73 Å². The minimum atomic E-state index is -0.792. The average molecular weight is 221 g/mol. The zero-order valence-electron chi connectivity index (χ0n) is 8.47. The van der Waals surface area contributed by atoms with E-state index < -0.39 is 6.09 Å². The summed E-state index contributed by atoms with van der Waals surface area (Å²) in [5.74, 6) is 0. The van der Waals surface area contributed by atoms with Crippen LogP contribution in [0.3, 0.4) is 0 Å². The Kier molecular flexibility index (Phi) is 2.90. The van der Waals surface area contributed by atoms with E-state index in [0.29, 0.717) is 18.1 Å². The van der Waals surface area contributed by atoms with E-state index in [0.717, 1.165) is 5.52 Å². The zero-order chi connectivity index (χ0) is 11.4. The van der Waals surface area contributed by atoms with Crippen LogP contribution < -0.4 is 11.1 Å². The number of para-hydroxylation sites is 2. The molecule has 0 aliphatic heterocycles. The van der Waals surface area contributed by atoms with E-state index in [9.17, 15) is 4.79 Å². The number of oxazole rings is 1. The maximum absolute atomic E-state index is 10.3. The lowest BCUT2D eigenvalue weighted by Crippen LogP contribution is -2.18. The first kappa shape index (κ1) is 10.3. The monoisotopic (exact) mass is 221 g/mol. The van der Waals surface area contributed by atoms with Crippen LogP contribution in [-0.4, -0.2) is 24.2 Å². The lowest BCUT2D eigenvalue weighted by molar-refractivity contribution is 0.161. The van der Waals surface area contributed by atoms with Gasteiger partial charge in [0.2, 0.25) is 0 Å². The highest BCUT2D eigenvalue weighted by atomic mass is 16.5. The molecule has 1 heterocycles. The molecule has 0 unspecified atom stereocenters. The molecule has 3 N–H and O–H groups in total. The number of benzene rings is 1. The standard InChI is InChI=1S/C10H11N3O3/c11-9(14)15-6-5-12-10-13-7-3-1-2-4-8(7)16-10/h1-4H,5-6H2,(H2,11,14)(H,12,13). The number of anilines is 1. The molecule has 1 aromatic heterocycles. The van der Waals surface area contributed by atoms with E-state index in [4.69, 9.17) is 10.2 Å². The van der Waals surface area contributed by atoms with Gasteiger partial charge in [-0.3, -0.25) is 0 Å². The normalized spacial score (nSPS) is 10.2. The third kappa shape index (κ3) is 2.41. The molecule has 0 fully saturated rings. The topological polar surface area (TPSA) is 90.4 Å². The number of carbonyl (C=O) groups is 1. The molecule has 84 valence electrons. The van der Waals surface area contributed by atoms with Gasteiger partial charge in [0.25, 0.3) is 6.01 Å². The van der Waals surface area contributed by atoms with Crippen molar-refractivity contribution in [1.29, 1.82) is 0 Å². The second-order valence-corrected chi connectivity index (χ2v) is 3.08. The molecule has 0 aliphatic carbocycles. The van der Waals surface area contributed by atoms with Crippen molar-refractivity contribution in [2.75, 3.05) is 18.5 Å². The number of ether oxygens (including phenoxy) is 1. The molecule has 0 radical (unpaired) electrons. The van der Waals surface area contributed by atoms with Gasteiger partial charge in [0.05, 0.1) is 6.54 Å². The van der Waals surface area contributed by atoms with Crippen LogP contribution in [0.2, 0.25) is 0 Å². The number of hydrogen-bond donors (Lipinski definition) is 2. The van der Waals surface area contributed by atoms with Crippen LogP contribution in [0.5, 0.6) is 0 Å². The average Bonchev–Trinajstić information content (AvgIpc) is 2.66. The molecular weight excluding hydrogens is 210 g/mol. The lowest BCUT2D eigenvalue weighted by atomic mass is 10.3. The molecule has 6 nitrogen and oxygen atoms in total. The number of nitrogens with two attached hydrogens (primary N) is 1. The van der Waals surface area contributed by atoms with E-state index in [1.165, 1.54) is 0 Å². The summed E-state index contributed by atoms with van der Waals surface area (Å²) in [5.41, 5.74) is 6.29. The Morgan fingerprint density at radius 1 is 1.50 bits per heavy atom. The second kappa shape index (κ2) is 4.52. The highest BCUT2D eigenvalue weighted by molar-refractivity contribution is 5.74. The van der Waals surface area contributed by atoms with Crippen LogP contribution in [0.25, 0.3) is 11.1 Å². The predicted molar refractivity (Wildman–Crippen MR) is 58.0 cm³/mol. The number of rotatable bonds is 4. The summed E-state index contributed by atoms with van der Waals surface area (Å²) in [6.45, 7) is 0.573. The summed E-state index contributed by atoms with van der Waals surface area (Å²) < 4.78 is 9.93. The maximum Gasteiger partial charge on any atom is 0.404 e. The third-order valence-electron chi connectivity index (χ3n) is 1.92. The van der Waals surface area contributed by atoms with Gasteiger partial charge in [-0.05, 0) is 12.1 Å². The summed E-state index contributed by atoms with van der Waals surface area (Å²) in [4.78, 5) is 14.5. The van der Waals surface area contributed by atoms with Crippen molar-refractivity contribution in [2.45, 2.75) is 0 Å². The number of primary amides is 1. The fourth-order valence-corrected chi connectivity index (χ4v) is 1.26. The number of amides is 1. The van der Waals surface area contributed by atoms with Gasteiger partial charge in [-0.1, -0.05) is 12.1 Å². The van der Waals surface area contributed by atoms with Gasteiger partial charge in [-0.25, -0.2) is 4.79 Å². The molecule has 0 spiro atoms. The Morgan fingerprint density at radius 3 is 3.06 bits per heavy atom. The van der Waals surface area contributed by atoms with Crippen LogP contribution in [0.1, 0.15) is 0 Å². The first-order valence-corrected chi connectivity index (χ1v) is 4.77. The molecule has 2 rings (SSSR count). The first-order chi connectivity index (χ1) is 7.75. The smallest absolute Gasteiger partial charge is 0.404 e. The molecule has 1 aromatic carbocycles. The Balaban J connectivity index is 1.92. The molecular formula is C10H11N3O3. The Labute approximate surface area is 91.4 Å². The number of hydrogen-bond acceptors (Lipinski definition) is 5. The van der Waals surface area contributed by atoms with Crippen molar-refractivity contribution < 1.29 is 13.9 Å². The van der Waals surface area contributed by atoms with Gasteiger partial charge in [0.1, 0.15) is 12.1 Å². The molecule has 16 heavy (non-hydrogen) atoms. The minimum absolute atomic E-state index is 0.175. The fraction of sp³-hybridized carbons (Fsp3) is 0.200. The molecule has 0 aliphatic rings. The Hall–Kier alpha value is -2.24.